The number of sulfonamides is 1. The van der Waals surface area contributed by atoms with E-state index in [0.717, 1.165) is 19.5 Å². The topological polar surface area (TPSA) is 58.2 Å². The summed E-state index contributed by atoms with van der Waals surface area (Å²) in [4.78, 5) is 0. The van der Waals surface area contributed by atoms with Crippen LogP contribution < -0.4 is 10.0 Å². The molecule has 0 saturated carbocycles. The molecular formula is C9H21ClN2O2S. The molecule has 0 amide bonds. The predicted octanol–water partition coefficient (Wildman–Crippen LogP) is 0.736. The summed E-state index contributed by atoms with van der Waals surface area (Å²) in [7, 11) is -3.11. The smallest absolute Gasteiger partial charge is 0.212 e. The van der Waals surface area contributed by atoms with Gasteiger partial charge in [-0.05, 0) is 18.4 Å². The Bertz CT molecular complexity index is 279. The van der Waals surface area contributed by atoms with Crippen LogP contribution in [0.15, 0.2) is 0 Å². The largest absolute Gasteiger partial charge is 0.315 e. The minimum atomic E-state index is -3.11. The van der Waals surface area contributed by atoms with Crippen molar-refractivity contribution < 1.29 is 8.42 Å². The molecule has 1 unspecified atom stereocenters. The third kappa shape index (κ3) is 6.35. The first kappa shape index (κ1) is 15.2. The van der Waals surface area contributed by atoms with Crippen molar-refractivity contribution in [3.63, 3.8) is 0 Å². The number of rotatable bonds is 3. The lowest BCUT2D eigenvalue weighted by Crippen LogP contribution is -2.40. The van der Waals surface area contributed by atoms with Gasteiger partial charge in [-0.2, -0.15) is 0 Å². The fraction of sp³-hybridized carbons (Fsp3) is 1.00. The third-order valence-electron chi connectivity index (χ3n) is 2.03. The van der Waals surface area contributed by atoms with Crippen molar-refractivity contribution in [3.8, 4) is 0 Å². The fourth-order valence-corrected chi connectivity index (χ4v) is 3.55. The SMILES string of the molecule is CC(C)(C)CS(=O)(=O)NC1CCNC1.Cl. The van der Waals surface area contributed by atoms with E-state index >= 15 is 0 Å². The lowest BCUT2D eigenvalue weighted by atomic mass is 10.0. The molecule has 4 nitrogen and oxygen atoms in total. The maximum absolute atomic E-state index is 11.7. The molecule has 0 aromatic rings. The quantitative estimate of drug-likeness (QED) is 0.783. The Morgan fingerprint density at radius 3 is 2.40 bits per heavy atom. The second-order valence-electron chi connectivity index (χ2n) is 5.13. The molecule has 15 heavy (non-hydrogen) atoms. The molecule has 1 heterocycles. The van der Waals surface area contributed by atoms with Crippen LogP contribution in [0.3, 0.4) is 0 Å². The van der Waals surface area contributed by atoms with Crippen molar-refractivity contribution >= 4 is 22.4 Å². The number of halogens is 1. The van der Waals surface area contributed by atoms with Crippen molar-refractivity contribution in [2.75, 3.05) is 18.8 Å². The van der Waals surface area contributed by atoms with Crippen LogP contribution in [0.2, 0.25) is 0 Å². The van der Waals surface area contributed by atoms with Gasteiger partial charge >= 0.3 is 0 Å². The molecule has 92 valence electrons. The number of nitrogens with one attached hydrogen (secondary N) is 2. The van der Waals surface area contributed by atoms with Crippen molar-refractivity contribution in [3.05, 3.63) is 0 Å². The van der Waals surface area contributed by atoms with Gasteiger partial charge in [-0.1, -0.05) is 20.8 Å². The standard InChI is InChI=1S/C9H20N2O2S.ClH/c1-9(2,3)7-14(12,13)11-8-4-5-10-6-8;/h8,10-11H,4-7H2,1-3H3;1H. The van der Waals surface area contributed by atoms with Gasteiger partial charge < -0.3 is 5.32 Å². The number of hydrogen-bond acceptors (Lipinski definition) is 3. The van der Waals surface area contributed by atoms with E-state index in [1.807, 2.05) is 20.8 Å². The van der Waals surface area contributed by atoms with Gasteiger partial charge in [0.1, 0.15) is 0 Å². The summed E-state index contributed by atoms with van der Waals surface area (Å²) in [6, 6.07) is 0.0855. The van der Waals surface area contributed by atoms with Crippen LogP contribution in [0, 0.1) is 5.41 Å². The summed E-state index contributed by atoms with van der Waals surface area (Å²) < 4.78 is 26.0. The Labute approximate surface area is 98.7 Å². The lowest BCUT2D eigenvalue weighted by Gasteiger charge is -2.20. The van der Waals surface area contributed by atoms with Crippen LogP contribution in [0.25, 0.3) is 0 Å². The van der Waals surface area contributed by atoms with E-state index in [1.54, 1.807) is 0 Å². The van der Waals surface area contributed by atoms with Gasteiger partial charge in [0.2, 0.25) is 10.0 Å². The minimum absolute atomic E-state index is 0. The van der Waals surface area contributed by atoms with E-state index in [2.05, 4.69) is 10.0 Å². The van der Waals surface area contributed by atoms with Gasteiger partial charge in [-0.3, -0.25) is 0 Å². The van der Waals surface area contributed by atoms with E-state index in [4.69, 9.17) is 0 Å². The zero-order valence-electron chi connectivity index (χ0n) is 9.54. The molecule has 1 fully saturated rings. The maximum Gasteiger partial charge on any atom is 0.212 e. The lowest BCUT2D eigenvalue weighted by molar-refractivity contribution is 0.454. The molecule has 2 N–H and O–H groups in total. The highest BCUT2D eigenvalue weighted by Gasteiger charge is 2.25. The van der Waals surface area contributed by atoms with Gasteiger partial charge in [-0.15, -0.1) is 12.4 Å². The third-order valence-corrected chi connectivity index (χ3v) is 3.97. The fourth-order valence-electron chi connectivity index (χ4n) is 1.62. The predicted molar refractivity (Wildman–Crippen MR) is 64.9 cm³/mol. The Morgan fingerprint density at radius 2 is 2.00 bits per heavy atom. The van der Waals surface area contributed by atoms with E-state index in [-0.39, 0.29) is 29.6 Å². The molecular weight excluding hydrogens is 236 g/mol. The number of hydrogen-bond donors (Lipinski definition) is 2. The van der Waals surface area contributed by atoms with Crippen LogP contribution in [0.4, 0.5) is 0 Å². The molecule has 0 spiro atoms. The van der Waals surface area contributed by atoms with Crippen LogP contribution >= 0.6 is 12.4 Å². The van der Waals surface area contributed by atoms with Crippen molar-refractivity contribution in [1.29, 1.82) is 0 Å². The van der Waals surface area contributed by atoms with E-state index < -0.39 is 10.0 Å². The first-order valence-electron chi connectivity index (χ1n) is 4.99. The van der Waals surface area contributed by atoms with E-state index in [0.29, 0.717) is 0 Å². The molecule has 0 aliphatic carbocycles. The van der Waals surface area contributed by atoms with Crippen LogP contribution in [0.1, 0.15) is 27.2 Å². The molecule has 6 heteroatoms. The van der Waals surface area contributed by atoms with Crippen molar-refractivity contribution in [1.82, 2.24) is 10.0 Å². The molecule has 0 aromatic heterocycles. The summed E-state index contributed by atoms with van der Waals surface area (Å²) in [5.74, 6) is 0.191. The average molecular weight is 257 g/mol. The van der Waals surface area contributed by atoms with Gasteiger partial charge in [-0.25, -0.2) is 13.1 Å². The molecule has 1 aliphatic heterocycles. The Kier molecular flexibility index (Phi) is 5.54. The first-order chi connectivity index (χ1) is 6.29. The van der Waals surface area contributed by atoms with Gasteiger partial charge in [0.25, 0.3) is 0 Å². The molecule has 1 saturated heterocycles. The summed E-state index contributed by atoms with van der Waals surface area (Å²) in [5.41, 5.74) is -0.183. The Balaban J connectivity index is 0.00000196. The summed E-state index contributed by atoms with van der Waals surface area (Å²) >= 11 is 0. The minimum Gasteiger partial charge on any atom is -0.315 e. The van der Waals surface area contributed by atoms with E-state index in [1.165, 1.54) is 0 Å². The average Bonchev–Trinajstić information content (AvgIpc) is 2.31. The van der Waals surface area contributed by atoms with Crippen LogP contribution in [-0.2, 0) is 10.0 Å². The van der Waals surface area contributed by atoms with Gasteiger partial charge in [0.05, 0.1) is 5.75 Å². The van der Waals surface area contributed by atoms with Crippen LogP contribution in [0.5, 0.6) is 0 Å². The first-order valence-corrected chi connectivity index (χ1v) is 6.64. The second kappa shape index (κ2) is 5.48. The Morgan fingerprint density at radius 1 is 1.40 bits per heavy atom. The zero-order valence-corrected chi connectivity index (χ0v) is 11.2. The molecule has 0 aromatic carbocycles. The highest BCUT2D eigenvalue weighted by molar-refractivity contribution is 7.89. The molecule has 1 rings (SSSR count). The maximum atomic E-state index is 11.7. The van der Waals surface area contributed by atoms with Crippen LogP contribution in [-0.4, -0.2) is 33.3 Å². The monoisotopic (exact) mass is 256 g/mol. The molecule has 0 radical (unpaired) electrons. The van der Waals surface area contributed by atoms with Crippen molar-refractivity contribution in [2.45, 2.75) is 33.2 Å². The van der Waals surface area contributed by atoms with E-state index in [9.17, 15) is 8.42 Å². The summed E-state index contributed by atoms with van der Waals surface area (Å²) in [6.07, 6.45) is 0.892. The molecule has 0 bridgehead atoms. The normalized spacial score (nSPS) is 22.5. The summed E-state index contributed by atoms with van der Waals surface area (Å²) in [6.45, 7) is 7.45. The Hall–Kier alpha value is 0.160. The highest BCUT2D eigenvalue weighted by atomic mass is 35.5. The van der Waals surface area contributed by atoms with Crippen molar-refractivity contribution in [2.24, 2.45) is 5.41 Å². The molecule has 1 atom stereocenters. The zero-order chi connectivity index (χ0) is 10.8. The highest BCUT2D eigenvalue weighted by Crippen LogP contribution is 2.16. The molecule has 1 aliphatic rings. The second-order valence-corrected chi connectivity index (χ2v) is 6.88. The van der Waals surface area contributed by atoms with Gasteiger partial charge in [0, 0.05) is 12.6 Å². The summed E-state index contributed by atoms with van der Waals surface area (Å²) in [5, 5.41) is 3.13. The van der Waals surface area contributed by atoms with Gasteiger partial charge in [0.15, 0.2) is 0 Å².